The SMILES string of the molecule is CS(=O)(=O)c1ccc(-n2cc3c(n2)C=C(c2ccc(Br)cc2)CC3c2cc(Cc3ccc(O)c(C4CC(c5ccc(Br)cc5)=Cc5cn(-c6ccc(S(C)(=O)=O)cc6)nc54)c3)ccc2O)cc1. The predicted octanol–water partition coefficient (Wildman–Crippen LogP) is 11.5. The zero-order valence-electron chi connectivity index (χ0n) is 36.2. The highest BCUT2D eigenvalue weighted by Gasteiger charge is 2.31. The monoisotopic (exact) mass is 1050 g/mol. The van der Waals surface area contributed by atoms with Crippen molar-refractivity contribution < 1.29 is 27.0 Å². The van der Waals surface area contributed by atoms with Crippen molar-refractivity contribution in [3.05, 3.63) is 211 Å². The molecule has 0 radical (unpaired) electrons. The number of phenolic OH excluding ortho intramolecular Hbond substituents is 2. The fraction of sp³-hybridized carbons (Fsp3) is 0.132. The van der Waals surface area contributed by atoms with Gasteiger partial charge in [-0.15, -0.1) is 0 Å². The molecule has 0 saturated carbocycles. The molecule has 0 saturated heterocycles. The summed E-state index contributed by atoms with van der Waals surface area (Å²) in [4.78, 5) is 0.452. The van der Waals surface area contributed by atoms with Gasteiger partial charge in [0.2, 0.25) is 0 Å². The summed E-state index contributed by atoms with van der Waals surface area (Å²) in [7, 11) is -6.75. The molecule has 0 spiro atoms. The molecule has 14 heteroatoms. The van der Waals surface area contributed by atoms with Crippen LogP contribution in [0, 0.1) is 0 Å². The van der Waals surface area contributed by atoms with Crippen LogP contribution in [-0.4, -0.2) is 59.1 Å². The van der Waals surface area contributed by atoms with E-state index in [2.05, 4.69) is 74.3 Å². The highest BCUT2D eigenvalue weighted by molar-refractivity contribution is 9.10. The maximum absolute atomic E-state index is 12.2. The van der Waals surface area contributed by atoms with E-state index < -0.39 is 19.7 Å². The second kappa shape index (κ2) is 17.4. The van der Waals surface area contributed by atoms with Gasteiger partial charge in [-0.2, -0.15) is 10.2 Å². The van der Waals surface area contributed by atoms with Crippen LogP contribution < -0.4 is 0 Å². The molecule has 2 heterocycles. The van der Waals surface area contributed by atoms with E-state index in [1.807, 2.05) is 54.9 Å². The number of aromatic hydroxyl groups is 2. The molecule has 0 fully saturated rings. The highest BCUT2D eigenvalue weighted by Crippen LogP contribution is 2.47. The fourth-order valence-corrected chi connectivity index (χ4v) is 10.9. The summed E-state index contributed by atoms with van der Waals surface area (Å²) in [6.45, 7) is 0. The molecule has 2 unspecified atom stereocenters. The van der Waals surface area contributed by atoms with Crippen LogP contribution in [0.3, 0.4) is 0 Å². The molecule has 0 bridgehead atoms. The molecule has 2 atom stereocenters. The molecular formula is C53H42Br2N4O6S2. The molecular weight excluding hydrogens is 1010 g/mol. The van der Waals surface area contributed by atoms with Crippen LogP contribution in [0.4, 0.5) is 0 Å². The second-order valence-corrected chi connectivity index (χ2v) is 23.1. The van der Waals surface area contributed by atoms with Crippen LogP contribution >= 0.6 is 31.9 Å². The minimum Gasteiger partial charge on any atom is -0.508 e. The third-order valence-corrected chi connectivity index (χ3v) is 15.9. The fourth-order valence-electron chi connectivity index (χ4n) is 9.12. The van der Waals surface area contributed by atoms with E-state index in [4.69, 9.17) is 10.2 Å². The molecule has 336 valence electrons. The molecule has 2 aliphatic rings. The Morgan fingerprint density at radius 1 is 0.552 bits per heavy atom. The molecule has 10 rings (SSSR count). The third kappa shape index (κ3) is 9.10. The van der Waals surface area contributed by atoms with Gasteiger partial charge in [-0.3, -0.25) is 0 Å². The average molecular weight is 1050 g/mol. The molecule has 2 aliphatic carbocycles. The lowest BCUT2D eigenvalue weighted by atomic mass is 9.79. The number of phenols is 2. The van der Waals surface area contributed by atoms with Gasteiger partial charge in [0.25, 0.3) is 0 Å². The number of benzene rings is 6. The minimum absolute atomic E-state index is 0.153. The number of halogens is 2. The molecule has 2 aromatic heterocycles. The van der Waals surface area contributed by atoms with E-state index in [1.165, 1.54) is 12.5 Å². The predicted molar refractivity (Wildman–Crippen MR) is 269 cm³/mol. The Balaban J connectivity index is 1.00. The highest BCUT2D eigenvalue weighted by atomic mass is 79.9. The normalized spacial score (nSPS) is 15.9. The van der Waals surface area contributed by atoms with Crippen molar-refractivity contribution in [1.29, 1.82) is 0 Å². The second-order valence-electron chi connectivity index (χ2n) is 17.2. The number of aromatic nitrogens is 4. The Kier molecular flexibility index (Phi) is 11.6. The molecule has 8 aromatic rings. The topological polar surface area (TPSA) is 144 Å². The number of hydrogen-bond acceptors (Lipinski definition) is 8. The van der Waals surface area contributed by atoms with Crippen molar-refractivity contribution >= 4 is 74.8 Å². The largest absolute Gasteiger partial charge is 0.508 e. The summed E-state index contributed by atoms with van der Waals surface area (Å²) < 4.78 is 54.3. The van der Waals surface area contributed by atoms with E-state index in [0.717, 1.165) is 76.0 Å². The number of fused-ring (bicyclic) bond motifs is 2. The summed E-state index contributed by atoms with van der Waals surface area (Å²) >= 11 is 7.12. The number of hydrogen-bond donors (Lipinski definition) is 2. The molecule has 0 aliphatic heterocycles. The van der Waals surface area contributed by atoms with E-state index >= 15 is 0 Å². The van der Waals surface area contributed by atoms with Crippen molar-refractivity contribution in [2.24, 2.45) is 0 Å². The summed E-state index contributed by atoms with van der Waals surface area (Å²) in [5, 5.41) is 33.3. The first kappa shape index (κ1) is 44.5. The molecule has 10 nitrogen and oxygen atoms in total. The first-order chi connectivity index (χ1) is 32.0. The van der Waals surface area contributed by atoms with Gasteiger partial charge in [-0.05, 0) is 150 Å². The average Bonchev–Trinajstić information content (AvgIpc) is 3.95. The summed E-state index contributed by atoms with van der Waals surface area (Å²) in [6.07, 6.45) is 12.2. The maximum atomic E-state index is 12.2. The van der Waals surface area contributed by atoms with Gasteiger partial charge in [0, 0.05) is 67.9 Å². The molecule has 6 aromatic carbocycles. The first-order valence-corrected chi connectivity index (χ1v) is 26.8. The van der Waals surface area contributed by atoms with Crippen molar-refractivity contribution in [3.8, 4) is 22.9 Å². The Morgan fingerprint density at radius 3 is 1.52 bits per heavy atom. The third-order valence-electron chi connectivity index (χ3n) is 12.6. The Bertz CT molecular complexity index is 3290. The lowest BCUT2D eigenvalue weighted by Crippen LogP contribution is -2.10. The number of allylic oxidation sites excluding steroid dienone is 2. The van der Waals surface area contributed by atoms with E-state index in [-0.39, 0.29) is 33.1 Å². The van der Waals surface area contributed by atoms with Crippen LogP contribution in [0.15, 0.2) is 165 Å². The summed E-state index contributed by atoms with van der Waals surface area (Å²) in [6, 6.07) is 41.0. The van der Waals surface area contributed by atoms with Gasteiger partial charge in [-0.1, -0.05) is 80.4 Å². The molecule has 2 N–H and O–H groups in total. The van der Waals surface area contributed by atoms with Gasteiger partial charge in [0.05, 0.1) is 32.6 Å². The van der Waals surface area contributed by atoms with E-state index in [0.29, 0.717) is 30.6 Å². The zero-order valence-corrected chi connectivity index (χ0v) is 41.0. The van der Waals surface area contributed by atoms with Crippen molar-refractivity contribution in [2.45, 2.75) is 40.9 Å². The van der Waals surface area contributed by atoms with Gasteiger partial charge in [-0.25, -0.2) is 26.2 Å². The van der Waals surface area contributed by atoms with Gasteiger partial charge in [0.1, 0.15) is 11.5 Å². The lowest BCUT2D eigenvalue weighted by molar-refractivity contribution is 0.464. The van der Waals surface area contributed by atoms with Crippen LogP contribution in [0.1, 0.15) is 80.6 Å². The van der Waals surface area contributed by atoms with E-state index in [9.17, 15) is 27.0 Å². The summed E-state index contributed by atoms with van der Waals surface area (Å²) in [5.41, 5.74) is 12.5. The lowest BCUT2D eigenvalue weighted by Gasteiger charge is -2.25. The number of rotatable bonds is 10. The van der Waals surface area contributed by atoms with Crippen molar-refractivity contribution in [2.75, 3.05) is 12.5 Å². The maximum Gasteiger partial charge on any atom is 0.175 e. The van der Waals surface area contributed by atoms with Crippen molar-refractivity contribution in [3.63, 3.8) is 0 Å². The Hall–Kier alpha value is -6.32. The van der Waals surface area contributed by atoms with Crippen molar-refractivity contribution in [1.82, 2.24) is 19.6 Å². The van der Waals surface area contributed by atoms with Crippen LogP contribution in [-0.2, 0) is 26.1 Å². The standard InChI is InChI=1S/C53H42Br2N4O6S2/c1-66(62,63)43-17-13-41(14-18-43)58-30-38-26-36(34-5-9-39(54)10-6-34)28-48(53(38)57-58)47-25-33(4-22-52(47)61)23-32-3-21-51(60)46(24-32)45-27-37(35-7-11-40(55)12-8-35)29-50-49(45)31-59(56-50)42-15-19-44(20-16-42)67(2,64)65/h3-22,24-26,29-31,45,48,60-61H,23,27-28H2,1-2H3. The van der Waals surface area contributed by atoms with Crippen LogP contribution in [0.5, 0.6) is 11.5 Å². The minimum atomic E-state index is -3.38. The molecule has 0 amide bonds. The quantitative estimate of drug-likeness (QED) is 0.138. The van der Waals surface area contributed by atoms with Crippen LogP contribution in [0.25, 0.3) is 34.7 Å². The first-order valence-electron chi connectivity index (χ1n) is 21.4. The zero-order chi connectivity index (χ0) is 46.8. The van der Waals surface area contributed by atoms with Gasteiger partial charge in [0.15, 0.2) is 19.7 Å². The van der Waals surface area contributed by atoms with Gasteiger partial charge >= 0.3 is 0 Å². The smallest absolute Gasteiger partial charge is 0.175 e. The number of sulfone groups is 2. The van der Waals surface area contributed by atoms with Gasteiger partial charge < -0.3 is 10.2 Å². The Labute approximate surface area is 405 Å². The number of nitrogens with zero attached hydrogens (tertiary/aromatic N) is 4. The van der Waals surface area contributed by atoms with Crippen LogP contribution in [0.2, 0.25) is 0 Å². The van der Waals surface area contributed by atoms with E-state index in [1.54, 1.807) is 70.0 Å². The molecule has 67 heavy (non-hydrogen) atoms. The Morgan fingerprint density at radius 2 is 1.01 bits per heavy atom. The summed E-state index contributed by atoms with van der Waals surface area (Å²) in [5.74, 6) is -0.258.